The second kappa shape index (κ2) is 6.57. The van der Waals surface area contributed by atoms with Crippen LogP contribution in [0.4, 0.5) is 0 Å². The van der Waals surface area contributed by atoms with Crippen LogP contribution in [-0.2, 0) is 22.5 Å². The summed E-state index contributed by atoms with van der Waals surface area (Å²) in [6.45, 7) is 9.45. The Bertz CT molecular complexity index is 408. The van der Waals surface area contributed by atoms with Gasteiger partial charge in [0.1, 0.15) is 0 Å². The molecule has 1 aromatic heterocycles. The number of nitrogens with zero attached hydrogens (tertiary/aromatic N) is 2. The largest absolute Gasteiger partial charge is 0.469 e. The third-order valence-corrected chi connectivity index (χ3v) is 3.26. The van der Waals surface area contributed by atoms with E-state index in [4.69, 9.17) is 0 Å². The number of ether oxygens (including phenoxy) is 1. The van der Waals surface area contributed by atoms with Crippen molar-refractivity contribution in [2.75, 3.05) is 7.11 Å². The van der Waals surface area contributed by atoms with Crippen LogP contribution in [0.3, 0.4) is 0 Å². The highest BCUT2D eigenvalue weighted by atomic mass is 16.5. The molecule has 0 N–H and O–H groups in total. The molecule has 0 saturated heterocycles. The number of methoxy groups -OCH3 is 1. The summed E-state index contributed by atoms with van der Waals surface area (Å²) in [4.78, 5) is 11.2. The van der Waals surface area contributed by atoms with Crippen LogP contribution in [0.2, 0.25) is 0 Å². The highest BCUT2D eigenvalue weighted by molar-refractivity contribution is 5.69. The minimum atomic E-state index is -0.163. The number of aryl methyl sites for hydroxylation is 2. The number of rotatable bonds is 6. The number of aromatic nitrogens is 2. The maximum atomic E-state index is 11.2. The zero-order valence-corrected chi connectivity index (χ0v) is 12.1. The first-order chi connectivity index (χ1) is 8.45. The predicted molar refractivity (Wildman–Crippen MR) is 71.5 cm³/mol. The first-order valence-electron chi connectivity index (χ1n) is 6.55. The van der Waals surface area contributed by atoms with E-state index in [0.717, 1.165) is 18.7 Å². The molecule has 0 aliphatic heterocycles. The van der Waals surface area contributed by atoms with Gasteiger partial charge in [0.2, 0.25) is 0 Å². The average molecular weight is 252 g/mol. The van der Waals surface area contributed by atoms with Gasteiger partial charge < -0.3 is 4.74 Å². The molecule has 0 radical (unpaired) electrons. The summed E-state index contributed by atoms with van der Waals surface area (Å²) in [7, 11) is 1.42. The van der Waals surface area contributed by atoms with Crippen LogP contribution in [0.25, 0.3) is 0 Å². The van der Waals surface area contributed by atoms with E-state index in [9.17, 15) is 4.79 Å². The van der Waals surface area contributed by atoms with E-state index in [1.54, 1.807) is 0 Å². The van der Waals surface area contributed by atoms with Gasteiger partial charge in [-0.3, -0.25) is 9.48 Å². The van der Waals surface area contributed by atoms with Gasteiger partial charge >= 0.3 is 5.97 Å². The molecule has 1 aromatic rings. The molecule has 0 fully saturated rings. The SMILES string of the molecule is COC(=O)CCc1c(C)nn(CCC(C)C)c1C. The van der Waals surface area contributed by atoms with Crippen molar-refractivity contribution < 1.29 is 9.53 Å². The zero-order valence-electron chi connectivity index (χ0n) is 12.1. The lowest BCUT2D eigenvalue weighted by Gasteiger charge is -2.07. The summed E-state index contributed by atoms with van der Waals surface area (Å²) in [5.74, 6) is 0.510. The Morgan fingerprint density at radius 1 is 1.39 bits per heavy atom. The molecule has 18 heavy (non-hydrogen) atoms. The van der Waals surface area contributed by atoms with Crippen molar-refractivity contribution in [2.45, 2.75) is 53.5 Å². The first kappa shape index (κ1) is 14.7. The standard InChI is InChI=1S/C14H24N2O2/c1-10(2)8-9-16-12(4)13(11(3)15-16)6-7-14(17)18-5/h10H,6-9H2,1-5H3. The normalized spacial score (nSPS) is 11.0. The molecule has 4 heteroatoms. The van der Waals surface area contributed by atoms with Crippen molar-refractivity contribution in [1.82, 2.24) is 9.78 Å². The molecule has 0 spiro atoms. The Morgan fingerprint density at radius 2 is 2.06 bits per heavy atom. The van der Waals surface area contributed by atoms with E-state index in [0.29, 0.717) is 18.8 Å². The summed E-state index contributed by atoms with van der Waals surface area (Å²) in [5, 5.41) is 4.55. The van der Waals surface area contributed by atoms with Crippen molar-refractivity contribution in [2.24, 2.45) is 5.92 Å². The number of hydrogen-bond acceptors (Lipinski definition) is 3. The summed E-state index contributed by atoms with van der Waals surface area (Å²) < 4.78 is 6.73. The van der Waals surface area contributed by atoms with Crippen molar-refractivity contribution in [3.05, 3.63) is 17.0 Å². The van der Waals surface area contributed by atoms with Crippen LogP contribution in [0.15, 0.2) is 0 Å². The summed E-state index contributed by atoms with van der Waals surface area (Å²) in [6.07, 6.45) is 2.26. The fraction of sp³-hybridized carbons (Fsp3) is 0.714. The van der Waals surface area contributed by atoms with Crippen molar-refractivity contribution in [1.29, 1.82) is 0 Å². The van der Waals surface area contributed by atoms with E-state index in [1.807, 2.05) is 6.92 Å². The fourth-order valence-corrected chi connectivity index (χ4v) is 2.02. The Kier molecular flexibility index (Phi) is 5.38. The number of esters is 1. The minimum Gasteiger partial charge on any atom is -0.469 e. The molecule has 0 atom stereocenters. The highest BCUT2D eigenvalue weighted by Gasteiger charge is 2.13. The van der Waals surface area contributed by atoms with Gasteiger partial charge in [0.25, 0.3) is 0 Å². The van der Waals surface area contributed by atoms with Crippen molar-refractivity contribution >= 4 is 5.97 Å². The van der Waals surface area contributed by atoms with Crippen LogP contribution >= 0.6 is 0 Å². The van der Waals surface area contributed by atoms with Gasteiger partial charge in [0, 0.05) is 18.7 Å². The molecular formula is C14H24N2O2. The fourth-order valence-electron chi connectivity index (χ4n) is 2.02. The zero-order chi connectivity index (χ0) is 13.7. The molecule has 0 aliphatic rings. The topological polar surface area (TPSA) is 44.1 Å². The van der Waals surface area contributed by atoms with E-state index in [2.05, 4.69) is 35.3 Å². The molecule has 0 unspecified atom stereocenters. The maximum absolute atomic E-state index is 11.2. The Balaban J connectivity index is 2.71. The Labute approximate surface area is 109 Å². The molecule has 0 amide bonds. The molecule has 0 aliphatic carbocycles. The van der Waals surface area contributed by atoms with Gasteiger partial charge in [-0.2, -0.15) is 5.10 Å². The molecule has 0 saturated carbocycles. The third-order valence-electron chi connectivity index (χ3n) is 3.26. The van der Waals surface area contributed by atoms with Crippen LogP contribution in [-0.4, -0.2) is 22.9 Å². The Hall–Kier alpha value is -1.32. The maximum Gasteiger partial charge on any atom is 0.305 e. The van der Waals surface area contributed by atoms with Gasteiger partial charge in [-0.15, -0.1) is 0 Å². The minimum absolute atomic E-state index is 0.163. The van der Waals surface area contributed by atoms with Crippen LogP contribution in [0.5, 0.6) is 0 Å². The quantitative estimate of drug-likeness (QED) is 0.731. The third kappa shape index (κ3) is 3.86. The Morgan fingerprint density at radius 3 is 2.61 bits per heavy atom. The van der Waals surface area contributed by atoms with Crippen LogP contribution in [0, 0.1) is 19.8 Å². The molecule has 0 aromatic carbocycles. The second-order valence-corrected chi connectivity index (χ2v) is 5.13. The van der Waals surface area contributed by atoms with Gasteiger partial charge in [0.05, 0.1) is 12.8 Å². The van der Waals surface area contributed by atoms with Gasteiger partial charge in [-0.1, -0.05) is 13.8 Å². The lowest BCUT2D eigenvalue weighted by Crippen LogP contribution is -2.06. The second-order valence-electron chi connectivity index (χ2n) is 5.13. The van der Waals surface area contributed by atoms with Crippen LogP contribution in [0.1, 0.15) is 43.6 Å². The van der Waals surface area contributed by atoms with E-state index >= 15 is 0 Å². The van der Waals surface area contributed by atoms with Gasteiger partial charge in [-0.25, -0.2) is 0 Å². The van der Waals surface area contributed by atoms with E-state index in [1.165, 1.54) is 18.4 Å². The lowest BCUT2D eigenvalue weighted by molar-refractivity contribution is -0.140. The predicted octanol–water partition coefficient (Wildman–Crippen LogP) is 2.65. The van der Waals surface area contributed by atoms with Crippen LogP contribution < -0.4 is 0 Å². The van der Waals surface area contributed by atoms with E-state index < -0.39 is 0 Å². The highest BCUT2D eigenvalue weighted by Crippen LogP contribution is 2.16. The summed E-state index contributed by atoms with van der Waals surface area (Å²) in [6, 6.07) is 0. The first-order valence-corrected chi connectivity index (χ1v) is 6.55. The molecule has 4 nitrogen and oxygen atoms in total. The molecule has 1 rings (SSSR count). The molecule has 1 heterocycles. The number of hydrogen-bond donors (Lipinski definition) is 0. The monoisotopic (exact) mass is 252 g/mol. The smallest absolute Gasteiger partial charge is 0.305 e. The molecular weight excluding hydrogens is 228 g/mol. The average Bonchev–Trinajstić information content (AvgIpc) is 2.59. The van der Waals surface area contributed by atoms with Crippen molar-refractivity contribution in [3.63, 3.8) is 0 Å². The van der Waals surface area contributed by atoms with Gasteiger partial charge in [0.15, 0.2) is 0 Å². The van der Waals surface area contributed by atoms with E-state index in [-0.39, 0.29) is 5.97 Å². The number of carbonyl (C=O) groups excluding carboxylic acids is 1. The number of carbonyl (C=O) groups is 1. The summed E-state index contributed by atoms with van der Waals surface area (Å²) >= 11 is 0. The lowest BCUT2D eigenvalue weighted by atomic mass is 10.1. The molecule has 0 bridgehead atoms. The van der Waals surface area contributed by atoms with Gasteiger partial charge in [-0.05, 0) is 38.2 Å². The summed E-state index contributed by atoms with van der Waals surface area (Å²) in [5.41, 5.74) is 3.39. The van der Waals surface area contributed by atoms with Crippen molar-refractivity contribution in [3.8, 4) is 0 Å². The molecule has 102 valence electrons.